The van der Waals surface area contributed by atoms with Gasteiger partial charge in [-0.2, -0.15) is 0 Å². The SMILES string of the molecule is CO[P+](=O)OCP(=O)(OC)OC.[Li+]. The Kier molecular flexibility index (Phi) is 10.1. The van der Waals surface area contributed by atoms with Gasteiger partial charge in [-0.1, -0.05) is 0 Å². The van der Waals surface area contributed by atoms with Crippen LogP contribution < -0.4 is 18.9 Å². The monoisotopic (exact) mass is 224 g/mol. The average Bonchev–Trinajstić information content (AvgIpc) is 2.13. The van der Waals surface area contributed by atoms with Crippen molar-refractivity contribution in [1.29, 1.82) is 0 Å². The van der Waals surface area contributed by atoms with E-state index in [1.54, 1.807) is 0 Å². The van der Waals surface area contributed by atoms with Gasteiger partial charge < -0.3 is 9.05 Å². The van der Waals surface area contributed by atoms with E-state index in [4.69, 9.17) is 0 Å². The molecule has 0 fully saturated rings. The van der Waals surface area contributed by atoms with Crippen molar-refractivity contribution in [2.45, 2.75) is 0 Å². The number of hydrogen-bond acceptors (Lipinski definition) is 6. The second-order valence-electron chi connectivity index (χ2n) is 1.64. The maximum absolute atomic E-state index is 11.2. The fourth-order valence-corrected chi connectivity index (χ4v) is 1.76. The fraction of sp³-hybridized carbons (Fsp3) is 1.00. The van der Waals surface area contributed by atoms with Crippen molar-refractivity contribution in [2.75, 3.05) is 27.7 Å². The fourth-order valence-electron chi connectivity index (χ4n) is 0.351. The third-order valence-electron chi connectivity index (χ3n) is 1.03. The largest absolute Gasteiger partial charge is 1.00 e. The van der Waals surface area contributed by atoms with E-state index >= 15 is 0 Å². The van der Waals surface area contributed by atoms with Gasteiger partial charge in [0.05, 0.1) is 7.11 Å². The molecule has 0 N–H and O–H groups in total. The van der Waals surface area contributed by atoms with Crippen LogP contribution in [0.2, 0.25) is 0 Å². The van der Waals surface area contributed by atoms with Gasteiger partial charge in [0.15, 0.2) is 0 Å². The molecular weight excluding hydrogens is 213 g/mol. The van der Waals surface area contributed by atoms with Crippen LogP contribution in [0.4, 0.5) is 0 Å². The first kappa shape index (κ1) is 16.2. The van der Waals surface area contributed by atoms with Crippen LogP contribution in [-0.4, -0.2) is 27.7 Å². The Morgan fingerprint density at radius 3 is 2.00 bits per heavy atom. The molecule has 0 aromatic heterocycles. The molecule has 0 saturated heterocycles. The summed E-state index contributed by atoms with van der Waals surface area (Å²) in [4.78, 5) is 0. The van der Waals surface area contributed by atoms with E-state index in [-0.39, 0.29) is 25.2 Å². The Hall–Kier alpha value is 0.767. The summed E-state index contributed by atoms with van der Waals surface area (Å²) in [6.07, 6.45) is -0.386. The van der Waals surface area contributed by atoms with Gasteiger partial charge in [0.1, 0.15) is 0 Å². The minimum Gasteiger partial charge on any atom is -0.310 e. The molecule has 0 aromatic carbocycles. The minimum atomic E-state index is -3.23. The molecule has 0 saturated carbocycles. The van der Waals surface area contributed by atoms with Gasteiger partial charge in [-0.3, -0.25) is 4.57 Å². The summed E-state index contributed by atoms with van der Waals surface area (Å²) < 4.78 is 39.6. The predicted molar refractivity (Wildman–Crippen MR) is 42.2 cm³/mol. The zero-order valence-corrected chi connectivity index (χ0v) is 9.84. The molecule has 0 aliphatic carbocycles. The third kappa shape index (κ3) is 6.79. The van der Waals surface area contributed by atoms with Crippen molar-refractivity contribution in [3.05, 3.63) is 0 Å². The smallest absolute Gasteiger partial charge is 0.310 e. The summed E-state index contributed by atoms with van der Waals surface area (Å²) >= 11 is 0. The van der Waals surface area contributed by atoms with E-state index in [0.29, 0.717) is 0 Å². The van der Waals surface area contributed by atoms with Gasteiger partial charge in [-0.15, -0.1) is 9.05 Å². The normalized spacial score (nSPS) is 12.1. The van der Waals surface area contributed by atoms with Crippen molar-refractivity contribution in [3.63, 3.8) is 0 Å². The number of rotatable bonds is 6. The molecule has 1 unspecified atom stereocenters. The second-order valence-corrected chi connectivity index (χ2v) is 4.92. The second kappa shape index (κ2) is 8.11. The summed E-state index contributed by atoms with van der Waals surface area (Å²) in [5, 5.41) is 0. The van der Waals surface area contributed by atoms with E-state index in [2.05, 4.69) is 18.1 Å². The Morgan fingerprint density at radius 1 is 1.23 bits per heavy atom. The first-order chi connectivity index (χ1) is 5.58. The molecule has 1 atom stereocenters. The van der Waals surface area contributed by atoms with Crippen LogP contribution in [0.1, 0.15) is 0 Å². The molecule has 9 heteroatoms. The molecule has 0 amide bonds. The van der Waals surface area contributed by atoms with Crippen molar-refractivity contribution in [1.82, 2.24) is 0 Å². The van der Waals surface area contributed by atoms with E-state index in [1.165, 1.54) is 21.3 Å². The van der Waals surface area contributed by atoms with Crippen LogP contribution in [0.5, 0.6) is 0 Å². The molecule has 0 spiro atoms. The first-order valence-electron chi connectivity index (χ1n) is 2.93. The Bertz CT molecular complexity index is 189. The van der Waals surface area contributed by atoms with Crippen LogP contribution in [0.15, 0.2) is 0 Å². The van der Waals surface area contributed by atoms with E-state index in [1.807, 2.05) is 0 Å². The van der Waals surface area contributed by atoms with Crippen molar-refractivity contribution >= 4 is 15.9 Å². The van der Waals surface area contributed by atoms with Gasteiger partial charge in [0, 0.05) is 18.8 Å². The van der Waals surface area contributed by atoms with Gasteiger partial charge in [-0.25, -0.2) is 0 Å². The first-order valence-corrected chi connectivity index (χ1v) is 5.75. The van der Waals surface area contributed by atoms with Gasteiger partial charge in [0.2, 0.25) is 6.35 Å². The zero-order valence-electron chi connectivity index (χ0n) is 8.05. The summed E-state index contributed by atoms with van der Waals surface area (Å²) in [6.45, 7) is 0. The van der Waals surface area contributed by atoms with Crippen molar-refractivity contribution in [3.8, 4) is 0 Å². The molecule has 0 aliphatic rings. The van der Waals surface area contributed by atoms with Gasteiger partial charge in [-0.05, 0) is 0 Å². The average molecular weight is 224 g/mol. The Morgan fingerprint density at radius 2 is 1.69 bits per heavy atom. The van der Waals surface area contributed by atoms with Crippen LogP contribution in [0, 0.1) is 0 Å². The summed E-state index contributed by atoms with van der Waals surface area (Å²) in [6, 6.07) is 0. The molecule has 0 radical (unpaired) electrons. The molecule has 0 rings (SSSR count). The van der Waals surface area contributed by atoms with Crippen LogP contribution >= 0.6 is 15.9 Å². The quantitative estimate of drug-likeness (QED) is 0.415. The predicted octanol–water partition coefficient (Wildman–Crippen LogP) is -1.25. The number of hydrogen-bond donors (Lipinski definition) is 0. The Labute approximate surface area is 89.9 Å². The molecule has 0 aliphatic heterocycles. The molecule has 72 valence electrons. The van der Waals surface area contributed by atoms with Crippen LogP contribution in [-0.2, 0) is 27.2 Å². The Balaban J connectivity index is 0. The molecular formula is C4H11LiO6P2+2. The summed E-state index contributed by atoms with van der Waals surface area (Å²) in [5.74, 6) is 0. The van der Waals surface area contributed by atoms with E-state index in [9.17, 15) is 9.13 Å². The maximum atomic E-state index is 11.2. The van der Waals surface area contributed by atoms with Crippen molar-refractivity contribution in [2.24, 2.45) is 0 Å². The molecule has 0 heterocycles. The maximum Gasteiger partial charge on any atom is 1.00 e. The van der Waals surface area contributed by atoms with Crippen LogP contribution in [0.3, 0.4) is 0 Å². The topological polar surface area (TPSA) is 71.1 Å². The van der Waals surface area contributed by atoms with Crippen LogP contribution in [0.25, 0.3) is 0 Å². The summed E-state index contributed by atoms with van der Waals surface area (Å²) in [7, 11) is -1.83. The minimum absolute atomic E-state index is 0. The standard InChI is InChI=1S/C4H11O6P2.Li/c1-7-11(5)10-4-12(6,8-2)9-3;/h4H2,1-3H3;/q2*+1. The van der Waals surface area contributed by atoms with Gasteiger partial charge >= 0.3 is 34.7 Å². The molecule has 6 nitrogen and oxygen atoms in total. The van der Waals surface area contributed by atoms with E-state index < -0.39 is 15.9 Å². The van der Waals surface area contributed by atoms with Crippen molar-refractivity contribution < 1.29 is 46.1 Å². The zero-order chi connectivity index (χ0) is 9.61. The summed E-state index contributed by atoms with van der Waals surface area (Å²) in [5.41, 5.74) is 0. The van der Waals surface area contributed by atoms with E-state index in [0.717, 1.165) is 0 Å². The third-order valence-corrected chi connectivity index (χ3v) is 3.43. The molecule has 13 heavy (non-hydrogen) atoms. The van der Waals surface area contributed by atoms with Gasteiger partial charge in [0.25, 0.3) is 0 Å². The molecule has 0 aromatic rings. The molecule has 0 bridgehead atoms.